The third kappa shape index (κ3) is 4.68. The predicted molar refractivity (Wildman–Crippen MR) is 87.3 cm³/mol. The number of methoxy groups -OCH3 is 1. The Kier molecular flexibility index (Phi) is 5.96. The van der Waals surface area contributed by atoms with Gasteiger partial charge in [-0.3, -0.25) is 9.59 Å². The smallest absolute Gasteiger partial charge is 0.256 e. The van der Waals surface area contributed by atoms with E-state index in [2.05, 4.69) is 10.3 Å². The third-order valence-corrected chi connectivity index (χ3v) is 3.97. The Morgan fingerprint density at radius 2 is 2.09 bits per heavy atom. The Bertz CT molecular complexity index is 552. The van der Waals surface area contributed by atoms with E-state index in [4.69, 9.17) is 4.74 Å². The quantitative estimate of drug-likeness (QED) is 0.899. The summed E-state index contributed by atoms with van der Waals surface area (Å²) < 4.78 is 5.12. The summed E-state index contributed by atoms with van der Waals surface area (Å²) in [6.07, 6.45) is 3.73. The number of likely N-dealkylation sites (tertiary alicyclic amines) is 1. The molecular formula is C17H25N3O3. The number of carbonyl (C=O) groups is 2. The molecule has 2 heterocycles. The van der Waals surface area contributed by atoms with Gasteiger partial charge in [-0.05, 0) is 30.9 Å². The maximum Gasteiger partial charge on any atom is 0.256 e. The first kappa shape index (κ1) is 17.2. The van der Waals surface area contributed by atoms with Gasteiger partial charge in [-0.25, -0.2) is 4.98 Å². The van der Waals surface area contributed by atoms with Crippen LogP contribution in [0.15, 0.2) is 18.3 Å². The zero-order valence-electron chi connectivity index (χ0n) is 14.0. The molecule has 1 saturated heterocycles. The second-order valence-electron chi connectivity index (χ2n) is 6.29. The van der Waals surface area contributed by atoms with Crippen LogP contribution in [0.3, 0.4) is 0 Å². The highest BCUT2D eigenvalue weighted by molar-refractivity contribution is 5.96. The minimum absolute atomic E-state index is 0.0792. The summed E-state index contributed by atoms with van der Waals surface area (Å²) in [5, 5.41) is 3.01. The summed E-state index contributed by atoms with van der Waals surface area (Å²) in [7, 11) is 1.50. The number of aromatic nitrogens is 1. The maximum absolute atomic E-state index is 12.3. The third-order valence-electron chi connectivity index (χ3n) is 3.97. The van der Waals surface area contributed by atoms with E-state index < -0.39 is 0 Å². The molecule has 0 aromatic carbocycles. The van der Waals surface area contributed by atoms with Gasteiger partial charge in [-0.1, -0.05) is 13.8 Å². The van der Waals surface area contributed by atoms with Crippen LogP contribution in [0.25, 0.3) is 0 Å². The number of amides is 2. The van der Waals surface area contributed by atoms with Crippen molar-refractivity contribution < 1.29 is 14.3 Å². The lowest BCUT2D eigenvalue weighted by atomic mass is 10.0. The van der Waals surface area contributed by atoms with Crippen LogP contribution in [0.1, 0.15) is 43.5 Å². The molecule has 2 rings (SSSR count). The van der Waals surface area contributed by atoms with Gasteiger partial charge in [0.25, 0.3) is 5.91 Å². The van der Waals surface area contributed by atoms with E-state index in [0.717, 1.165) is 12.8 Å². The van der Waals surface area contributed by atoms with Crippen molar-refractivity contribution in [3.05, 3.63) is 23.9 Å². The molecule has 0 radical (unpaired) electrons. The number of pyridine rings is 1. The highest BCUT2D eigenvalue weighted by Crippen LogP contribution is 2.17. The zero-order valence-corrected chi connectivity index (χ0v) is 14.0. The predicted octanol–water partition coefficient (Wildman–Crippen LogP) is 1.86. The maximum atomic E-state index is 12.3. The summed E-state index contributed by atoms with van der Waals surface area (Å²) in [5.74, 6) is 0.730. The molecule has 0 aliphatic carbocycles. The molecule has 23 heavy (non-hydrogen) atoms. The first-order valence-corrected chi connectivity index (χ1v) is 8.09. The fourth-order valence-electron chi connectivity index (χ4n) is 2.74. The Hall–Kier alpha value is -2.11. The van der Waals surface area contributed by atoms with Gasteiger partial charge in [0.1, 0.15) is 5.56 Å². The molecule has 1 aromatic rings. The van der Waals surface area contributed by atoms with Crippen molar-refractivity contribution in [1.29, 1.82) is 0 Å². The first-order chi connectivity index (χ1) is 11.0. The summed E-state index contributed by atoms with van der Waals surface area (Å²) in [6.45, 7) is 5.49. The van der Waals surface area contributed by atoms with Crippen molar-refractivity contribution in [3.63, 3.8) is 0 Å². The molecule has 6 nitrogen and oxygen atoms in total. The highest BCUT2D eigenvalue weighted by atomic mass is 16.5. The minimum Gasteiger partial charge on any atom is -0.480 e. The van der Waals surface area contributed by atoms with Gasteiger partial charge in [-0.15, -0.1) is 0 Å². The van der Waals surface area contributed by atoms with Crippen LogP contribution < -0.4 is 10.1 Å². The van der Waals surface area contributed by atoms with Crippen molar-refractivity contribution in [2.45, 2.75) is 39.2 Å². The SMILES string of the molecule is COc1ncccc1C(=O)NC1CCN(C(=O)CC(C)C)CC1. The Morgan fingerprint density at radius 3 is 2.70 bits per heavy atom. The largest absolute Gasteiger partial charge is 0.480 e. The van der Waals surface area contributed by atoms with E-state index in [1.165, 1.54) is 7.11 Å². The fourth-order valence-corrected chi connectivity index (χ4v) is 2.74. The fraction of sp³-hybridized carbons (Fsp3) is 0.588. The summed E-state index contributed by atoms with van der Waals surface area (Å²) >= 11 is 0. The molecule has 1 N–H and O–H groups in total. The molecule has 2 amide bonds. The van der Waals surface area contributed by atoms with Crippen molar-refractivity contribution >= 4 is 11.8 Å². The molecular weight excluding hydrogens is 294 g/mol. The number of nitrogens with one attached hydrogen (secondary N) is 1. The van der Waals surface area contributed by atoms with Gasteiger partial charge in [-0.2, -0.15) is 0 Å². The van der Waals surface area contributed by atoms with Gasteiger partial charge >= 0.3 is 0 Å². The van der Waals surface area contributed by atoms with Crippen molar-refractivity contribution in [2.75, 3.05) is 20.2 Å². The lowest BCUT2D eigenvalue weighted by Crippen LogP contribution is -2.46. The topological polar surface area (TPSA) is 71.5 Å². The molecule has 126 valence electrons. The van der Waals surface area contributed by atoms with Crippen LogP contribution in [-0.4, -0.2) is 47.9 Å². The first-order valence-electron chi connectivity index (χ1n) is 8.09. The Labute approximate surface area is 137 Å². The molecule has 0 spiro atoms. The monoisotopic (exact) mass is 319 g/mol. The highest BCUT2D eigenvalue weighted by Gasteiger charge is 2.25. The van der Waals surface area contributed by atoms with E-state index in [-0.39, 0.29) is 17.9 Å². The van der Waals surface area contributed by atoms with Crippen LogP contribution >= 0.6 is 0 Å². The summed E-state index contributed by atoms with van der Waals surface area (Å²) in [4.78, 5) is 30.3. The number of carbonyl (C=O) groups excluding carboxylic acids is 2. The molecule has 1 fully saturated rings. The lowest BCUT2D eigenvalue weighted by molar-refractivity contribution is -0.133. The van der Waals surface area contributed by atoms with E-state index in [1.54, 1.807) is 18.3 Å². The average Bonchev–Trinajstić information content (AvgIpc) is 2.54. The normalized spacial score (nSPS) is 15.6. The lowest BCUT2D eigenvalue weighted by Gasteiger charge is -2.33. The van der Waals surface area contributed by atoms with Gasteiger partial charge in [0.05, 0.1) is 7.11 Å². The molecule has 0 atom stereocenters. The molecule has 6 heteroatoms. The Balaban J connectivity index is 1.86. The van der Waals surface area contributed by atoms with Crippen LogP contribution in [-0.2, 0) is 4.79 Å². The second kappa shape index (κ2) is 7.94. The van der Waals surface area contributed by atoms with Gasteiger partial charge in [0.15, 0.2) is 0 Å². The van der Waals surface area contributed by atoms with Gasteiger partial charge in [0, 0.05) is 31.7 Å². The summed E-state index contributed by atoms with van der Waals surface area (Å²) in [6, 6.07) is 3.49. The molecule has 0 unspecified atom stereocenters. The number of ether oxygens (including phenoxy) is 1. The number of nitrogens with zero attached hydrogens (tertiary/aromatic N) is 2. The average molecular weight is 319 g/mol. The van der Waals surface area contributed by atoms with Gasteiger partial charge < -0.3 is 15.0 Å². The molecule has 0 saturated carbocycles. The van der Waals surface area contributed by atoms with Crippen molar-refractivity contribution in [1.82, 2.24) is 15.2 Å². The Morgan fingerprint density at radius 1 is 1.39 bits per heavy atom. The van der Waals surface area contributed by atoms with E-state index in [0.29, 0.717) is 36.9 Å². The molecule has 1 aliphatic heterocycles. The van der Waals surface area contributed by atoms with Crippen LogP contribution in [0.2, 0.25) is 0 Å². The van der Waals surface area contributed by atoms with Crippen molar-refractivity contribution in [2.24, 2.45) is 5.92 Å². The second-order valence-corrected chi connectivity index (χ2v) is 6.29. The molecule has 1 aliphatic rings. The number of piperidine rings is 1. The minimum atomic E-state index is -0.179. The van der Waals surface area contributed by atoms with E-state index >= 15 is 0 Å². The molecule has 0 bridgehead atoms. The van der Waals surface area contributed by atoms with E-state index in [1.807, 2.05) is 18.7 Å². The van der Waals surface area contributed by atoms with E-state index in [9.17, 15) is 9.59 Å². The number of hydrogen-bond donors (Lipinski definition) is 1. The van der Waals surface area contributed by atoms with Crippen LogP contribution in [0.5, 0.6) is 5.88 Å². The number of rotatable bonds is 5. The van der Waals surface area contributed by atoms with Crippen LogP contribution in [0, 0.1) is 5.92 Å². The summed E-state index contributed by atoms with van der Waals surface area (Å²) in [5.41, 5.74) is 0.438. The zero-order chi connectivity index (χ0) is 16.8. The molecule has 1 aromatic heterocycles. The standard InChI is InChI=1S/C17H25N3O3/c1-12(2)11-15(21)20-9-6-13(7-10-20)19-16(22)14-5-4-8-18-17(14)23-3/h4-5,8,12-13H,6-7,9-11H2,1-3H3,(H,19,22). The van der Waals surface area contributed by atoms with Crippen molar-refractivity contribution in [3.8, 4) is 5.88 Å². The van der Waals surface area contributed by atoms with Gasteiger partial charge in [0.2, 0.25) is 11.8 Å². The van der Waals surface area contributed by atoms with Crippen LogP contribution in [0.4, 0.5) is 0 Å². The number of hydrogen-bond acceptors (Lipinski definition) is 4.